The van der Waals surface area contributed by atoms with Crippen LogP contribution in [-0.4, -0.2) is 29.7 Å². The number of benzene rings is 1. The highest BCUT2D eigenvalue weighted by atomic mass is 127. The molecule has 0 aliphatic heterocycles. The molecule has 7 heteroatoms. The van der Waals surface area contributed by atoms with Gasteiger partial charge in [0.05, 0.1) is 6.07 Å². The zero-order valence-electron chi connectivity index (χ0n) is 15.9. The molecular formula is C21H25FI2N2O2. The van der Waals surface area contributed by atoms with Crippen molar-refractivity contribution in [1.29, 1.82) is 5.26 Å². The van der Waals surface area contributed by atoms with Crippen LogP contribution in [0.15, 0.2) is 24.3 Å². The van der Waals surface area contributed by atoms with Crippen LogP contribution in [0.1, 0.15) is 67.8 Å². The number of rotatable bonds is 6. The fraction of sp³-hybridized carbons (Fsp3) is 0.619. The van der Waals surface area contributed by atoms with Crippen LogP contribution in [0.25, 0.3) is 0 Å². The van der Waals surface area contributed by atoms with Crippen molar-refractivity contribution < 1.29 is 14.3 Å². The van der Waals surface area contributed by atoms with Gasteiger partial charge in [-0.15, -0.1) is 0 Å². The van der Waals surface area contributed by atoms with Crippen molar-refractivity contribution in [3.63, 3.8) is 0 Å². The molecule has 0 spiro atoms. The summed E-state index contributed by atoms with van der Waals surface area (Å²) < 4.78 is 12.5. The topological polar surface area (TPSA) is 64.3 Å². The molecule has 1 amide bonds. The average Bonchev–Trinajstić information content (AvgIpc) is 3.47. The Balaban J connectivity index is 1.74. The molecule has 28 heavy (non-hydrogen) atoms. The van der Waals surface area contributed by atoms with Crippen molar-refractivity contribution in [2.75, 3.05) is 0 Å². The van der Waals surface area contributed by atoms with E-state index in [-0.39, 0.29) is 11.9 Å². The normalized spacial score (nSPS) is 24.9. The summed E-state index contributed by atoms with van der Waals surface area (Å²) in [6, 6.07) is 9.50. The van der Waals surface area contributed by atoms with E-state index in [1.165, 1.54) is 6.92 Å². The Bertz CT molecular complexity index is 743. The van der Waals surface area contributed by atoms with Gasteiger partial charge in [-0.2, -0.15) is 5.26 Å². The summed E-state index contributed by atoms with van der Waals surface area (Å²) in [5.74, 6) is 0.481. The first-order valence-electron chi connectivity index (χ1n) is 9.74. The summed E-state index contributed by atoms with van der Waals surface area (Å²) in [4.78, 5) is 15.3. The Kier molecular flexibility index (Phi) is 6.92. The Labute approximate surface area is 193 Å². The molecule has 2 aliphatic rings. The predicted octanol–water partition coefficient (Wildman–Crippen LogP) is 5.46. The number of nitrogens with zero attached hydrogens (tertiary/aromatic N) is 2. The Morgan fingerprint density at radius 3 is 2.11 bits per heavy atom. The van der Waals surface area contributed by atoms with Crippen LogP contribution >= 0.6 is 45.2 Å². The fourth-order valence-electron chi connectivity index (χ4n) is 3.99. The van der Waals surface area contributed by atoms with Crippen LogP contribution in [0, 0.1) is 17.2 Å². The Hall–Kier alpha value is -0.470. The highest BCUT2D eigenvalue weighted by Crippen LogP contribution is 2.46. The molecule has 2 fully saturated rings. The van der Waals surface area contributed by atoms with Crippen LogP contribution < -0.4 is 0 Å². The monoisotopic (exact) mass is 610 g/mol. The van der Waals surface area contributed by atoms with E-state index in [0.717, 1.165) is 38.5 Å². The lowest BCUT2D eigenvalue weighted by Crippen LogP contribution is -2.44. The summed E-state index contributed by atoms with van der Waals surface area (Å²) >= 11 is 3.17. The van der Waals surface area contributed by atoms with Gasteiger partial charge in [0.15, 0.2) is 0 Å². The zero-order chi connectivity index (χ0) is 20.5. The van der Waals surface area contributed by atoms with Gasteiger partial charge in [-0.05, 0) is 114 Å². The molecule has 0 aromatic heterocycles. The van der Waals surface area contributed by atoms with Gasteiger partial charge >= 0.3 is 0 Å². The minimum Gasteiger partial charge on any atom is -0.380 e. The number of hydrogen-bond acceptors (Lipinski definition) is 3. The number of nitriles is 1. The van der Waals surface area contributed by atoms with Crippen LogP contribution in [0.4, 0.5) is 4.39 Å². The van der Waals surface area contributed by atoms with E-state index in [0.29, 0.717) is 29.5 Å². The van der Waals surface area contributed by atoms with E-state index in [4.69, 9.17) is 5.26 Å². The molecule has 0 unspecified atom stereocenters. The van der Waals surface area contributed by atoms with Crippen molar-refractivity contribution in [2.24, 2.45) is 5.92 Å². The lowest BCUT2D eigenvalue weighted by Gasteiger charge is -2.37. The van der Waals surface area contributed by atoms with Gasteiger partial charge in [-0.25, -0.2) is 4.39 Å². The first-order chi connectivity index (χ1) is 13.1. The first-order valence-corrected chi connectivity index (χ1v) is 11.9. The van der Waals surface area contributed by atoms with E-state index in [1.54, 1.807) is 69.4 Å². The highest BCUT2D eigenvalue weighted by Gasteiger charge is 2.45. The third-order valence-corrected chi connectivity index (χ3v) is 8.11. The molecule has 1 atom stereocenters. The van der Waals surface area contributed by atoms with Gasteiger partial charge in [0, 0.05) is 24.1 Å². The highest BCUT2D eigenvalue weighted by molar-refractivity contribution is 14.2. The molecule has 2 saturated carbocycles. The second kappa shape index (κ2) is 8.72. The van der Waals surface area contributed by atoms with Gasteiger partial charge in [0.25, 0.3) is 5.91 Å². The molecule has 0 bridgehead atoms. The summed E-state index contributed by atoms with van der Waals surface area (Å²) in [7, 11) is 0. The standard InChI is InChI=1S/C21H25FI2N2O2/c1-20(28,21(22,23)24)16-6-4-15(5-7-16)19(27)26(18-10-11-18)17-8-2-14(3-9-17)12-13-25/h4-7,14,17-18,28H,2-3,8-12H2,1H3/t14?,17?,20-/m0/s1. The van der Waals surface area contributed by atoms with Crippen molar-refractivity contribution in [3.8, 4) is 6.07 Å². The molecule has 0 saturated heterocycles. The maximum atomic E-state index is 14.3. The van der Waals surface area contributed by atoms with Gasteiger partial charge in [0.1, 0.15) is 5.60 Å². The fourth-order valence-corrected chi connectivity index (χ4v) is 4.61. The number of carbonyl (C=O) groups is 1. The second-order valence-electron chi connectivity index (χ2n) is 8.13. The van der Waals surface area contributed by atoms with Crippen LogP contribution in [0.2, 0.25) is 0 Å². The summed E-state index contributed by atoms with van der Waals surface area (Å²) in [5, 5.41) is 19.4. The number of hydrogen-bond donors (Lipinski definition) is 1. The number of amides is 1. The molecule has 3 rings (SSSR count). The van der Waals surface area contributed by atoms with E-state index in [1.807, 2.05) is 4.90 Å². The van der Waals surface area contributed by atoms with E-state index >= 15 is 0 Å². The summed E-state index contributed by atoms with van der Waals surface area (Å²) in [6.45, 7) is 1.44. The van der Waals surface area contributed by atoms with E-state index in [2.05, 4.69) is 6.07 Å². The molecule has 1 aromatic carbocycles. The number of carbonyl (C=O) groups excluding carboxylic acids is 1. The zero-order valence-corrected chi connectivity index (χ0v) is 20.2. The van der Waals surface area contributed by atoms with Crippen molar-refractivity contribution in [3.05, 3.63) is 35.4 Å². The smallest absolute Gasteiger partial charge is 0.254 e. The van der Waals surface area contributed by atoms with Crippen molar-refractivity contribution in [2.45, 2.75) is 71.2 Å². The van der Waals surface area contributed by atoms with Crippen LogP contribution in [-0.2, 0) is 5.60 Å². The third kappa shape index (κ3) is 4.81. The first kappa shape index (κ1) is 22.2. The van der Waals surface area contributed by atoms with Crippen molar-refractivity contribution in [1.82, 2.24) is 4.90 Å². The molecule has 0 radical (unpaired) electrons. The van der Waals surface area contributed by atoms with E-state index in [9.17, 15) is 14.3 Å². The lowest BCUT2D eigenvalue weighted by atomic mass is 9.83. The van der Waals surface area contributed by atoms with Crippen molar-refractivity contribution >= 4 is 51.1 Å². The molecule has 1 N–H and O–H groups in total. The molecule has 1 aromatic rings. The number of aliphatic hydroxyl groups is 1. The SMILES string of the molecule is C[C@](O)(c1ccc(C(=O)N(C2CCC(CC#N)CC2)C2CC2)cc1)C(F)(I)I. The Morgan fingerprint density at radius 2 is 1.68 bits per heavy atom. The quantitative estimate of drug-likeness (QED) is 0.344. The van der Waals surface area contributed by atoms with Gasteiger partial charge < -0.3 is 10.0 Å². The van der Waals surface area contributed by atoms with Crippen LogP contribution in [0.3, 0.4) is 0 Å². The summed E-state index contributed by atoms with van der Waals surface area (Å²) in [6.07, 6.45) is 6.61. The molecular weight excluding hydrogens is 585 g/mol. The van der Waals surface area contributed by atoms with Gasteiger partial charge in [-0.1, -0.05) is 12.1 Å². The number of alkyl halides is 3. The van der Waals surface area contributed by atoms with Crippen LogP contribution in [0.5, 0.6) is 0 Å². The lowest BCUT2D eigenvalue weighted by molar-refractivity contribution is 0.0140. The van der Waals surface area contributed by atoms with E-state index < -0.39 is 7.28 Å². The number of halogens is 3. The van der Waals surface area contributed by atoms with Gasteiger partial charge in [-0.3, -0.25) is 4.79 Å². The minimum absolute atomic E-state index is 0.0212. The molecule has 152 valence electrons. The summed E-state index contributed by atoms with van der Waals surface area (Å²) in [5.41, 5.74) is -0.618. The van der Waals surface area contributed by atoms with Gasteiger partial charge in [0.2, 0.25) is 1.68 Å². The maximum absolute atomic E-state index is 14.3. The average molecular weight is 610 g/mol. The second-order valence-corrected chi connectivity index (χ2v) is 13.2. The largest absolute Gasteiger partial charge is 0.380 e. The molecule has 4 nitrogen and oxygen atoms in total. The predicted molar refractivity (Wildman–Crippen MR) is 123 cm³/mol. The molecule has 0 heterocycles. The minimum atomic E-state index is -1.85. The third-order valence-electron chi connectivity index (χ3n) is 6.01. The Morgan fingerprint density at radius 1 is 1.18 bits per heavy atom. The molecule has 2 aliphatic carbocycles. The maximum Gasteiger partial charge on any atom is 0.254 e.